The molecule has 0 spiro atoms. The van der Waals surface area contributed by atoms with Crippen LogP contribution in [0.15, 0.2) is 36.9 Å². The number of rotatable bonds is 1. The quantitative estimate of drug-likeness (QED) is 0.572. The summed E-state index contributed by atoms with van der Waals surface area (Å²) in [4.78, 5) is 0. The Hall–Kier alpha value is -1.66. The van der Waals surface area contributed by atoms with E-state index in [1.165, 1.54) is 11.6 Å². The van der Waals surface area contributed by atoms with Gasteiger partial charge in [-0.05, 0) is 5.56 Å². The van der Waals surface area contributed by atoms with Crippen LogP contribution >= 0.6 is 0 Å². The predicted octanol–water partition coefficient (Wildman–Crippen LogP) is 2.65. The van der Waals surface area contributed by atoms with E-state index < -0.39 is 0 Å². The fourth-order valence-electron chi connectivity index (χ4n) is 0.589. The fourth-order valence-corrected chi connectivity index (χ4v) is 0.589. The van der Waals surface area contributed by atoms with Gasteiger partial charge in [0.1, 0.15) is 0 Å². The van der Waals surface area contributed by atoms with Crippen molar-refractivity contribution in [2.24, 2.45) is 0 Å². The lowest BCUT2D eigenvalue weighted by Gasteiger charge is -1.85. The van der Waals surface area contributed by atoms with Crippen LogP contribution in [0.25, 0.3) is 6.08 Å². The topological polar surface area (TPSA) is 47.7 Å². The Morgan fingerprint density at radius 1 is 1.18 bits per heavy atom. The van der Waals surface area contributed by atoms with E-state index in [0.717, 1.165) is 0 Å². The van der Waals surface area contributed by atoms with E-state index in [1.807, 2.05) is 36.4 Å². The van der Waals surface area contributed by atoms with Crippen LogP contribution in [0.2, 0.25) is 0 Å². The highest BCUT2D eigenvalue weighted by Gasteiger charge is 1.75. The predicted molar refractivity (Wildman–Crippen MR) is 47.0 cm³/mol. The highest BCUT2D eigenvalue weighted by molar-refractivity contribution is 5.45. The van der Waals surface area contributed by atoms with Gasteiger partial charge in [0.05, 0.1) is 6.01 Å². The summed E-state index contributed by atoms with van der Waals surface area (Å²) < 4.78 is 0. The third-order valence-corrected chi connectivity index (χ3v) is 1.04. The molecule has 0 aliphatic heterocycles. The molecule has 1 aromatic carbocycles. The van der Waals surface area contributed by atoms with E-state index in [-0.39, 0.29) is 0 Å². The summed E-state index contributed by atoms with van der Waals surface area (Å²) in [5, 5.41) is 11.2. The molecular formula is C9H10N2. The van der Waals surface area contributed by atoms with Crippen LogP contribution in [0.1, 0.15) is 5.56 Å². The third-order valence-electron chi connectivity index (χ3n) is 1.04. The van der Waals surface area contributed by atoms with Gasteiger partial charge in [-0.3, -0.25) is 0 Å². The van der Waals surface area contributed by atoms with Gasteiger partial charge < -0.3 is 0 Å². The molecule has 0 saturated heterocycles. The van der Waals surface area contributed by atoms with Crippen molar-refractivity contribution in [3.63, 3.8) is 0 Å². The lowest BCUT2D eigenvalue weighted by Crippen LogP contribution is -1.63. The normalized spacial score (nSPS) is 6.91. The molecule has 1 rings (SSSR count). The zero-order valence-corrected chi connectivity index (χ0v) is 6.17. The molecule has 0 heterocycles. The third kappa shape index (κ3) is 4.82. The van der Waals surface area contributed by atoms with Crippen molar-refractivity contribution < 1.29 is 0 Å². The highest BCUT2D eigenvalue weighted by Crippen LogP contribution is 1.97. The lowest BCUT2D eigenvalue weighted by molar-refractivity contribution is 1.47. The number of nitrogens with one attached hydrogen (secondary N) is 2. The number of benzene rings is 1. The van der Waals surface area contributed by atoms with E-state index in [0.29, 0.717) is 0 Å². The molecule has 2 nitrogen and oxygen atoms in total. The van der Waals surface area contributed by atoms with Crippen LogP contribution in [-0.2, 0) is 0 Å². The van der Waals surface area contributed by atoms with Gasteiger partial charge in [0.2, 0.25) is 0 Å². The van der Waals surface area contributed by atoms with Gasteiger partial charge in [-0.2, -0.15) is 0 Å². The maximum atomic E-state index is 5.62. The minimum absolute atomic E-state index is 1.17. The molecule has 0 saturated carbocycles. The van der Waals surface area contributed by atoms with Crippen LogP contribution < -0.4 is 0 Å². The minimum atomic E-state index is 1.17. The number of hydrogen-bond donors (Lipinski definition) is 2. The van der Waals surface area contributed by atoms with Gasteiger partial charge in [0.15, 0.2) is 0 Å². The van der Waals surface area contributed by atoms with Crippen LogP contribution in [0.3, 0.4) is 0 Å². The molecule has 0 radical (unpaired) electrons. The van der Waals surface area contributed by atoms with Crippen molar-refractivity contribution in [3.8, 4) is 0 Å². The summed E-state index contributed by atoms with van der Waals surface area (Å²) in [6, 6.07) is 11.3. The molecule has 1 aromatic rings. The van der Waals surface area contributed by atoms with E-state index >= 15 is 0 Å². The molecule has 0 amide bonds. The summed E-state index contributed by atoms with van der Waals surface area (Å²) in [5.41, 5.74) is 1.17. The first-order chi connectivity index (χ1) is 5.35. The number of hydrogen-bond acceptors (Lipinski definition) is 2. The summed E-state index contributed by atoms with van der Waals surface area (Å²) in [6.07, 6.45) is 1.83. The molecule has 0 bridgehead atoms. The molecule has 0 aliphatic rings. The smallest absolute Gasteiger partial charge is 0.0831 e. The van der Waals surface area contributed by atoms with Crippen molar-refractivity contribution in [3.05, 3.63) is 42.5 Å². The van der Waals surface area contributed by atoms with E-state index in [2.05, 4.69) is 6.58 Å². The Bertz CT molecular complexity index is 233. The summed E-state index contributed by atoms with van der Waals surface area (Å²) in [6.45, 7) is 3.63. The van der Waals surface area contributed by atoms with Crippen molar-refractivity contribution in [1.82, 2.24) is 0 Å². The monoisotopic (exact) mass is 146 g/mol. The second kappa shape index (κ2) is 6.46. The standard InChI is InChI=1S/C8H8.CH2N2/c1-2-8-6-4-3-5-7-8;2-1-3/h2-7H,1H2;2-3H. The van der Waals surface area contributed by atoms with Gasteiger partial charge in [0, 0.05) is 0 Å². The molecule has 56 valence electrons. The van der Waals surface area contributed by atoms with Crippen LogP contribution in [0, 0.1) is 10.8 Å². The van der Waals surface area contributed by atoms with Crippen LogP contribution in [0.4, 0.5) is 0 Å². The zero-order chi connectivity index (χ0) is 8.53. The molecule has 0 unspecified atom stereocenters. The van der Waals surface area contributed by atoms with Gasteiger partial charge >= 0.3 is 0 Å². The highest BCUT2D eigenvalue weighted by atomic mass is 14.4. The average molecular weight is 146 g/mol. The zero-order valence-electron chi connectivity index (χ0n) is 6.17. The van der Waals surface area contributed by atoms with E-state index in [9.17, 15) is 0 Å². The molecular weight excluding hydrogens is 136 g/mol. The second-order valence-corrected chi connectivity index (χ2v) is 1.74. The molecule has 0 fully saturated rings. The lowest BCUT2D eigenvalue weighted by atomic mass is 10.2. The minimum Gasteiger partial charge on any atom is -0.242 e. The maximum Gasteiger partial charge on any atom is 0.0831 e. The molecule has 11 heavy (non-hydrogen) atoms. The van der Waals surface area contributed by atoms with Gasteiger partial charge in [-0.15, -0.1) is 0 Å². The molecule has 0 aliphatic carbocycles. The van der Waals surface area contributed by atoms with Gasteiger partial charge in [-0.25, -0.2) is 10.8 Å². The van der Waals surface area contributed by atoms with Gasteiger partial charge in [0.25, 0.3) is 0 Å². The van der Waals surface area contributed by atoms with Gasteiger partial charge in [-0.1, -0.05) is 43.0 Å². The molecule has 2 N–H and O–H groups in total. The maximum absolute atomic E-state index is 5.62. The first-order valence-electron chi connectivity index (χ1n) is 3.11. The second-order valence-electron chi connectivity index (χ2n) is 1.74. The first-order valence-corrected chi connectivity index (χ1v) is 3.11. The molecule has 0 atom stereocenters. The largest absolute Gasteiger partial charge is 0.242 e. The Morgan fingerprint density at radius 2 is 1.64 bits per heavy atom. The van der Waals surface area contributed by atoms with Crippen LogP contribution in [-0.4, -0.2) is 6.01 Å². The average Bonchev–Trinajstić information content (AvgIpc) is 2.08. The molecule has 0 aromatic heterocycles. The Balaban J connectivity index is 0.000000292. The summed E-state index contributed by atoms with van der Waals surface area (Å²) in [5.74, 6) is 0. The Labute approximate surface area is 66.2 Å². The van der Waals surface area contributed by atoms with E-state index in [1.54, 1.807) is 0 Å². The Kier molecular flexibility index (Phi) is 5.49. The summed E-state index contributed by atoms with van der Waals surface area (Å²) >= 11 is 0. The van der Waals surface area contributed by atoms with Crippen LogP contribution in [0.5, 0.6) is 0 Å². The Morgan fingerprint density at radius 3 is 1.91 bits per heavy atom. The first kappa shape index (κ1) is 9.34. The summed E-state index contributed by atoms with van der Waals surface area (Å²) in [7, 11) is 0. The fraction of sp³-hybridized carbons (Fsp3) is 0. The van der Waals surface area contributed by atoms with Crippen molar-refractivity contribution >= 4 is 12.1 Å². The van der Waals surface area contributed by atoms with Crippen molar-refractivity contribution in [2.75, 3.05) is 0 Å². The van der Waals surface area contributed by atoms with Crippen molar-refractivity contribution in [2.45, 2.75) is 0 Å². The molecule has 2 heteroatoms. The SMILES string of the molecule is C=Cc1ccccc1.N=C=N. The van der Waals surface area contributed by atoms with E-state index in [4.69, 9.17) is 10.8 Å². The van der Waals surface area contributed by atoms with Crippen molar-refractivity contribution in [1.29, 1.82) is 10.8 Å².